The Labute approximate surface area is 104 Å². The largest absolute Gasteiger partial charge is 0.416 e. The molecule has 0 heterocycles. The van der Waals surface area contributed by atoms with E-state index in [9.17, 15) is 13.2 Å². The molecule has 0 aromatic heterocycles. The second-order valence-electron chi connectivity index (χ2n) is 5.66. The number of rotatable bonds is 1. The summed E-state index contributed by atoms with van der Waals surface area (Å²) in [5, 5.41) is 0. The van der Waals surface area contributed by atoms with Crippen LogP contribution >= 0.6 is 0 Å². The quantitative estimate of drug-likeness (QED) is 0.819. The highest BCUT2D eigenvalue weighted by Crippen LogP contribution is 2.59. The van der Waals surface area contributed by atoms with Crippen LogP contribution in [0.15, 0.2) is 18.2 Å². The Morgan fingerprint density at radius 2 is 2.06 bits per heavy atom. The Balaban J connectivity index is 1.90. The molecule has 0 saturated heterocycles. The minimum atomic E-state index is -4.24. The molecule has 0 bridgehead atoms. The van der Waals surface area contributed by atoms with Crippen LogP contribution in [0.25, 0.3) is 0 Å². The van der Waals surface area contributed by atoms with Crippen LogP contribution in [0.3, 0.4) is 0 Å². The molecule has 1 aromatic rings. The van der Waals surface area contributed by atoms with Gasteiger partial charge in [-0.1, -0.05) is 6.07 Å². The first kappa shape index (κ1) is 12.0. The van der Waals surface area contributed by atoms with E-state index in [0.29, 0.717) is 12.5 Å². The zero-order valence-corrected chi connectivity index (χ0v) is 10.1. The first-order valence-electron chi connectivity index (χ1n) is 6.34. The second-order valence-corrected chi connectivity index (χ2v) is 5.66. The fraction of sp³-hybridized carbons (Fsp3) is 0.571. The fourth-order valence-corrected chi connectivity index (χ4v) is 3.35. The maximum atomic E-state index is 12.7. The van der Waals surface area contributed by atoms with E-state index in [1.54, 1.807) is 6.07 Å². The number of benzene rings is 1. The molecule has 2 unspecified atom stereocenters. The van der Waals surface area contributed by atoms with Crippen molar-refractivity contribution in [1.82, 2.24) is 0 Å². The van der Waals surface area contributed by atoms with Crippen LogP contribution in [0.1, 0.15) is 29.5 Å². The van der Waals surface area contributed by atoms with Gasteiger partial charge in [-0.2, -0.15) is 13.2 Å². The molecule has 4 heteroatoms. The van der Waals surface area contributed by atoms with Gasteiger partial charge in [-0.15, -0.1) is 0 Å². The normalized spacial score (nSPS) is 30.3. The Bertz CT molecular complexity index is 480. The van der Waals surface area contributed by atoms with Gasteiger partial charge in [0, 0.05) is 0 Å². The molecule has 1 saturated carbocycles. The SMILES string of the molecule is NCC1CC12CCc1ccc(C(F)(F)F)cc1C2. The first-order valence-corrected chi connectivity index (χ1v) is 6.34. The van der Waals surface area contributed by atoms with Gasteiger partial charge in [0.25, 0.3) is 0 Å². The summed E-state index contributed by atoms with van der Waals surface area (Å²) in [7, 11) is 0. The van der Waals surface area contributed by atoms with Crippen LogP contribution < -0.4 is 5.73 Å². The molecule has 1 fully saturated rings. The highest BCUT2D eigenvalue weighted by atomic mass is 19.4. The van der Waals surface area contributed by atoms with Crippen molar-refractivity contribution >= 4 is 0 Å². The molecule has 18 heavy (non-hydrogen) atoms. The van der Waals surface area contributed by atoms with Gasteiger partial charge in [-0.05, 0) is 66.8 Å². The topological polar surface area (TPSA) is 26.0 Å². The Morgan fingerprint density at radius 1 is 1.28 bits per heavy atom. The van der Waals surface area contributed by atoms with E-state index in [0.717, 1.165) is 36.8 Å². The van der Waals surface area contributed by atoms with Crippen molar-refractivity contribution in [3.05, 3.63) is 34.9 Å². The van der Waals surface area contributed by atoms with Crippen molar-refractivity contribution in [2.75, 3.05) is 6.54 Å². The zero-order chi connectivity index (χ0) is 13.0. The molecule has 0 amide bonds. The van der Waals surface area contributed by atoms with Crippen molar-refractivity contribution in [2.24, 2.45) is 17.1 Å². The van der Waals surface area contributed by atoms with Crippen LogP contribution in [0.5, 0.6) is 0 Å². The Morgan fingerprint density at radius 3 is 2.67 bits per heavy atom. The van der Waals surface area contributed by atoms with E-state index in [-0.39, 0.29) is 5.41 Å². The van der Waals surface area contributed by atoms with E-state index >= 15 is 0 Å². The molecule has 98 valence electrons. The Kier molecular flexibility index (Phi) is 2.49. The van der Waals surface area contributed by atoms with Gasteiger partial charge < -0.3 is 5.73 Å². The van der Waals surface area contributed by atoms with Gasteiger partial charge in [-0.3, -0.25) is 0 Å². The summed E-state index contributed by atoms with van der Waals surface area (Å²) in [6.07, 6.45) is -0.416. The van der Waals surface area contributed by atoms with Gasteiger partial charge in [0.15, 0.2) is 0 Å². The maximum Gasteiger partial charge on any atom is 0.416 e. The molecular weight excluding hydrogens is 239 g/mol. The first-order chi connectivity index (χ1) is 8.44. The summed E-state index contributed by atoms with van der Waals surface area (Å²) in [4.78, 5) is 0. The molecule has 0 aliphatic heterocycles. The summed E-state index contributed by atoms with van der Waals surface area (Å²) >= 11 is 0. The highest BCUT2D eigenvalue weighted by Gasteiger charge is 2.53. The number of hydrogen-bond donors (Lipinski definition) is 1. The van der Waals surface area contributed by atoms with Gasteiger partial charge in [0.05, 0.1) is 5.56 Å². The van der Waals surface area contributed by atoms with E-state index in [1.165, 1.54) is 12.1 Å². The fourth-order valence-electron chi connectivity index (χ4n) is 3.35. The average molecular weight is 255 g/mol. The maximum absolute atomic E-state index is 12.7. The standard InChI is InChI=1S/C14H16F3N/c15-14(16,17)11-2-1-9-3-4-13(6-10(9)5-11)7-12(13)8-18/h1-2,5,12H,3-4,6-8,18H2. The average Bonchev–Trinajstić information content (AvgIpc) is 3.00. The number of hydrogen-bond acceptors (Lipinski definition) is 1. The van der Waals surface area contributed by atoms with E-state index < -0.39 is 11.7 Å². The lowest BCUT2D eigenvalue weighted by molar-refractivity contribution is -0.137. The molecule has 1 aromatic carbocycles. The van der Waals surface area contributed by atoms with Crippen molar-refractivity contribution in [1.29, 1.82) is 0 Å². The molecule has 3 rings (SSSR count). The van der Waals surface area contributed by atoms with Gasteiger partial charge >= 0.3 is 6.18 Å². The van der Waals surface area contributed by atoms with Crippen molar-refractivity contribution in [3.8, 4) is 0 Å². The van der Waals surface area contributed by atoms with Crippen LogP contribution in [-0.2, 0) is 19.0 Å². The summed E-state index contributed by atoms with van der Waals surface area (Å²) in [6, 6.07) is 4.18. The minimum Gasteiger partial charge on any atom is -0.330 e. The van der Waals surface area contributed by atoms with Crippen LogP contribution in [0.2, 0.25) is 0 Å². The molecule has 2 aliphatic rings. The van der Waals surface area contributed by atoms with Gasteiger partial charge in [0.2, 0.25) is 0 Å². The van der Waals surface area contributed by atoms with Crippen LogP contribution in [-0.4, -0.2) is 6.54 Å². The predicted molar refractivity (Wildman–Crippen MR) is 63.1 cm³/mol. The van der Waals surface area contributed by atoms with E-state index in [4.69, 9.17) is 5.73 Å². The van der Waals surface area contributed by atoms with Gasteiger partial charge in [-0.25, -0.2) is 0 Å². The van der Waals surface area contributed by atoms with Crippen LogP contribution in [0.4, 0.5) is 13.2 Å². The molecule has 2 N–H and O–H groups in total. The molecule has 2 aliphatic carbocycles. The predicted octanol–water partition coefficient (Wildman–Crippen LogP) is 3.16. The van der Waals surface area contributed by atoms with Crippen molar-refractivity contribution in [2.45, 2.75) is 31.9 Å². The third-order valence-electron chi connectivity index (χ3n) is 4.61. The molecule has 1 spiro atoms. The highest BCUT2D eigenvalue weighted by molar-refractivity contribution is 5.38. The zero-order valence-electron chi connectivity index (χ0n) is 10.1. The summed E-state index contributed by atoms with van der Waals surface area (Å²) in [5.41, 5.74) is 7.33. The summed E-state index contributed by atoms with van der Waals surface area (Å²) in [6.45, 7) is 0.661. The molecule has 1 nitrogen and oxygen atoms in total. The number of alkyl halides is 3. The number of halogens is 3. The lowest BCUT2D eigenvalue weighted by Crippen LogP contribution is -2.21. The smallest absolute Gasteiger partial charge is 0.330 e. The summed E-state index contributed by atoms with van der Waals surface area (Å²) in [5.74, 6) is 0.514. The number of fused-ring (bicyclic) bond motifs is 1. The molecule has 2 atom stereocenters. The van der Waals surface area contributed by atoms with E-state index in [1.807, 2.05) is 0 Å². The Hall–Kier alpha value is -1.03. The van der Waals surface area contributed by atoms with Crippen LogP contribution in [0, 0.1) is 11.3 Å². The second kappa shape index (κ2) is 3.73. The third-order valence-corrected chi connectivity index (χ3v) is 4.61. The van der Waals surface area contributed by atoms with Crippen molar-refractivity contribution in [3.63, 3.8) is 0 Å². The van der Waals surface area contributed by atoms with Gasteiger partial charge in [0.1, 0.15) is 0 Å². The number of nitrogens with two attached hydrogens (primary N) is 1. The summed E-state index contributed by atoms with van der Waals surface area (Å²) < 4.78 is 38.1. The lowest BCUT2D eigenvalue weighted by atomic mass is 9.79. The van der Waals surface area contributed by atoms with E-state index in [2.05, 4.69) is 0 Å². The minimum absolute atomic E-state index is 0.214. The monoisotopic (exact) mass is 255 g/mol. The lowest BCUT2D eigenvalue weighted by Gasteiger charge is -2.26. The molecular formula is C14H16F3N. The molecule has 0 radical (unpaired) electrons. The third kappa shape index (κ3) is 1.83. The van der Waals surface area contributed by atoms with Crippen molar-refractivity contribution < 1.29 is 13.2 Å². The number of aryl methyl sites for hydroxylation is 1.